The van der Waals surface area contributed by atoms with E-state index in [1.54, 1.807) is 48.5 Å². The quantitative estimate of drug-likeness (QED) is 0.331. The summed E-state index contributed by atoms with van der Waals surface area (Å²) in [6.45, 7) is 0. The van der Waals surface area contributed by atoms with Gasteiger partial charge in [-0.15, -0.1) is 0 Å². The number of halogens is 3. The van der Waals surface area contributed by atoms with Crippen molar-refractivity contribution in [1.29, 1.82) is 0 Å². The number of hydrogen-bond acceptors (Lipinski definition) is 4. The highest BCUT2D eigenvalue weighted by Gasteiger charge is 2.21. The molecule has 5 nitrogen and oxygen atoms in total. The second-order valence-electron chi connectivity index (χ2n) is 5.12. The first-order chi connectivity index (χ1) is 12.4. The van der Waals surface area contributed by atoms with Gasteiger partial charge in [0, 0.05) is 22.2 Å². The number of benzene rings is 3. The summed E-state index contributed by atoms with van der Waals surface area (Å²) in [5, 5.41) is 12.5. The minimum Gasteiger partial charge on any atom is -0.456 e. The molecule has 0 radical (unpaired) electrons. The summed E-state index contributed by atoms with van der Waals surface area (Å²) in [5.74, 6) is 1.06. The molecule has 26 heavy (non-hydrogen) atoms. The van der Waals surface area contributed by atoms with Gasteiger partial charge < -0.3 is 9.47 Å². The highest BCUT2D eigenvalue weighted by atomic mass is 35.5. The van der Waals surface area contributed by atoms with Crippen molar-refractivity contribution in [3.63, 3.8) is 0 Å². The molecule has 0 bridgehead atoms. The number of hydrogen-bond donors (Lipinski definition) is 0. The van der Waals surface area contributed by atoms with Crippen molar-refractivity contribution in [1.82, 2.24) is 0 Å². The highest BCUT2D eigenvalue weighted by molar-refractivity contribution is 6.32. The summed E-state index contributed by atoms with van der Waals surface area (Å²) >= 11 is 17.8. The monoisotopic (exact) mass is 409 g/mol. The first kappa shape index (κ1) is 18.3. The third-order valence-corrected chi connectivity index (χ3v) is 4.09. The molecule has 3 aromatic carbocycles. The smallest absolute Gasteiger partial charge is 0.313 e. The Morgan fingerprint density at radius 3 is 1.65 bits per heavy atom. The number of nitro benzene ring substituents is 1. The van der Waals surface area contributed by atoms with E-state index < -0.39 is 4.92 Å². The lowest BCUT2D eigenvalue weighted by Crippen LogP contribution is -1.95. The SMILES string of the molecule is O=[N+]([O-])c1cc(Cl)c(Oc2ccc(Cl)cc2)cc1Oc1ccc(Cl)cc1. The molecule has 0 amide bonds. The first-order valence-electron chi connectivity index (χ1n) is 7.27. The van der Waals surface area contributed by atoms with Gasteiger partial charge in [-0.2, -0.15) is 0 Å². The lowest BCUT2D eigenvalue weighted by atomic mass is 10.2. The molecule has 0 atom stereocenters. The molecule has 0 aliphatic carbocycles. The zero-order chi connectivity index (χ0) is 18.7. The van der Waals surface area contributed by atoms with Crippen molar-refractivity contribution in [3.8, 4) is 23.0 Å². The van der Waals surface area contributed by atoms with Gasteiger partial charge in [-0.3, -0.25) is 10.1 Å². The maximum Gasteiger partial charge on any atom is 0.313 e. The molecule has 0 spiro atoms. The van der Waals surface area contributed by atoms with Crippen molar-refractivity contribution in [3.05, 3.63) is 85.8 Å². The van der Waals surface area contributed by atoms with Crippen LogP contribution in [0.3, 0.4) is 0 Å². The van der Waals surface area contributed by atoms with Crippen LogP contribution in [0.4, 0.5) is 5.69 Å². The lowest BCUT2D eigenvalue weighted by molar-refractivity contribution is -0.385. The summed E-state index contributed by atoms with van der Waals surface area (Å²) in [4.78, 5) is 10.7. The average molecular weight is 411 g/mol. The second-order valence-corrected chi connectivity index (χ2v) is 6.40. The summed E-state index contributed by atoms with van der Waals surface area (Å²) < 4.78 is 11.3. The molecule has 0 aromatic heterocycles. The molecule has 0 unspecified atom stereocenters. The molecule has 0 fully saturated rings. The van der Waals surface area contributed by atoms with Crippen molar-refractivity contribution in [2.75, 3.05) is 0 Å². The van der Waals surface area contributed by atoms with Gasteiger partial charge in [0.2, 0.25) is 5.75 Å². The third-order valence-electron chi connectivity index (χ3n) is 3.29. The van der Waals surface area contributed by atoms with Gasteiger partial charge in [0.1, 0.15) is 17.2 Å². The topological polar surface area (TPSA) is 61.6 Å². The second kappa shape index (κ2) is 7.83. The van der Waals surface area contributed by atoms with Crippen molar-refractivity contribution in [2.45, 2.75) is 0 Å². The predicted molar refractivity (Wildman–Crippen MR) is 101 cm³/mol. The average Bonchev–Trinajstić information content (AvgIpc) is 2.61. The van der Waals surface area contributed by atoms with E-state index in [9.17, 15) is 10.1 Å². The zero-order valence-corrected chi connectivity index (χ0v) is 15.3. The standard InChI is InChI=1S/C18H10Cl3NO4/c19-11-1-5-13(6-2-11)25-17-10-18(16(22(23)24)9-15(17)21)26-14-7-3-12(20)4-8-14/h1-10H. The Bertz CT molecular complexity index is 944. The Kier molecular flexibility index (Phi) is 5.52. The Balaban J connectivity index is 1.96. The fraction of sp³-hybridized carbons (Fsp3) is 0. The van der Waals surface area contributed by atoms with Crippen molar-refractivity contribution >= 4 is 40.5 Å². The van der Waals surface area contributed by atoms with E-state index in [0.29, 0.717) is 21.5 Å². The maximum absolute atomic E-state index is 11.3. The van der Waals surface area contributed by atoms with Gasteiger partial charge in [0.05, 0.1) is 9.95 Å². The molecule has 0 saturated heterocycles. The summed E-state index contributed by atoms with van der Waals surface area (Å²) in [7, 11) is 0. The molecule has 3 rings (SSSR count). The molecule has 3 aromatic rings. The van der Waals surface area contributed by atoms with Crippen LogP contribution in [0, 0.1) is 10.1 Å². The minimum atomic E-state index is -0.580. The van der Waals surface area contributed by atoms with Crippen LogP contribution in [0.1, 0.15) is 0 Å². The van der Waals surface area contributed by atoms with Crippen LogP contribution in [0.25, 0.3) is 0 Å². The van der Waals surface area contributed by atoms with Gasteiger partial charge in [0.15, 0.2) is 0 Å². The van der Waals surface area contributed by atoms with E-state index >= 15 is 0 Å². The fourth-order valence-electron chi connectivity index (χ4n) is 2.09. The molecule has 0 aliphatic rings. The molecule has 0 heterocycles. The number of nitrogens with zero attached hydrogens (tertiary/aromatic N) is 1. The molecular formula is C18H10Cl3NO4. The van der Waals surface area contributed by atoms with Crippen LogP contribution < -0.4 is 9.47 Å². The van der Waals surface area contributed by atoms with Crippen molar-refractivity contribution < 1.29 is 14.4 Å². The molecule has 132 valence electrons. The van der Waals surface area contributed by atoms with E-state index in [-0.39, 0.29) is 22.2 Å². The summed E-state index contributed by atoms with van der Waals surface area (Å²) in [6.07, 6.45) is 0. The third kappa shape index (κ3) is 4.38. The van der Waals surface area contributed by atoms with Crippen LogP contribution in [-0.2, 0) is 0 Å². The van der Waals surface area contributed by atoms with E-state index in [0.717, 1.165) is 0 Å². The summed E-state index contributed by atoms with van der Waals surface area (Å²) in [6, 6.07) is 15.6. The van der Waals surface area contributed by atoms with Crippen LogP contribution in [-0.4, -0.2) is 4.92 Å². The van der Waals surface area contributed by atoms with Gasteiger partial charge in [0.25, 0.3) is 0 Å². The molecule has 8 heteroatoms. The maximum atomic E-state index is 11.3. The van der Waals surface area contributed by atoms with E-state index in [4.69, 9.17) is 44.3 Å². The van der Waals surface area contributed by atoms with E-state index in [2.05, 4.69) is 0 Å². The van der Waals surface area contributed by atoms with Gasteiger partial charge in [-0.25, -0.2) is 0 Å². The number of rotatable bonds is 5. The van der Waals surface area contributed by atoms with Gasteiger partial charge in [-0.05, 0) is 48.5 Å². The van der Waals surface area contributed by atoms with Crippen molar-refractivity contribution in [2.24, 2.45) is 0 Å². The Morgan fingerprint density at radius 2 is 1.19 bits per heavy atom. The first-order valence-corrected chi connectivity index (χ1v) is 8.40. The fourth-order valence-corrected chi connectivity index (χ4v) is 2.53. The molecule has 0 saturated carbocycles. The van der Waals surface area contributed by atoms with E-state index in [1.807, 2.05) is 0 Å². The number of nitro groups is 1. The van der Waals surface area contributed by atoms with Crippen LogP contribution >= 0.6 is 34.8 Å². The molecule has 0 N–H and O–H groups in total. The van der Waals surface area contributed by atoms with Gasteiger partial charge >= 0.3 is 5.69 Å². The normalized spacial score (nSPS) is 10.4. The number of ether oxygens (including phenoxy) is 2. The van der Waals surface area contributed by atoms with E-state index in [1.165, 1.54) is 12.1 Å². The Morgan fingerprint density at radius 1 is 0.731 bits per heavy atom. The Labute approximate surface area is 163 Å². The van der Waals surface area contributed by atoms with Crippen LogP contribution in [0.5, 0.6) is 23.0 Å². The van der Waals surface area contributed by atoms with Crippen LogP contribution in [0.2, 0.25) is 15.1 Å². The Hall–Kier alpha value is -2.47. The molecular weight excluding hydrogens is 401 g/mol. The zero-order valence-electron chi connectivity index (χ0n) is 13.0. The van der Waals surface area contributed by atoms with Crippen LogP contribution in [0.15, 0.2) is 60.7 Å². The largest absolute Gasteiger partial charge is 0.456 e. The minimum absolute atomic E-state index is 0.00862. The lowest BCUT2D eigenvalue weighted by Gasteiger charge is -2.11. The van der Waals surface area contributed by atoms with Gasteiger partial charge in [-0.1, -0.05) is 34.8 Å². The molecule has 0 aliphatic heterocycles. The predicted octanol–water partition coefficient (Wildman–Crippen LogP) is 7.14. The summed E-state index contributed by atoms with van der Waals surface area (Å²) in [5.41, 5.74) is -0.284. The highest BCUT2D eigenvalue weighted by Crippen LogP contribution is 2.41.